The molecule has 3 heteroatoms. The molecule has 0 spiro atoms. The number of fused-ring (bicyclic) bond motifs is 1. The topological polar surface area (TPSA) is 37.0 Å². The van der Waals surface area contributed by atoms with Gasteiger partial charge in [-0.25, -0.2) is 4.98 Å². The Balaban J connectivity index is 1.62. The average molecular weight is 259 g/mol. The number of aryl methyl sites for hydroxylation is 2. The van der Waals surface area contributed by atoms with Gasteiger partial charge in [-0.15, -0.1) is 0 Å². The maximum atomic E-state index is 4.75. The van der Waals surface area contributed by atoms with Gasteiger partial charge in [0.05, 0.1) is 0 Å². The summed E-state index contributed by atoms with van der Waals surface area (Å²) in [5, 5.41) is 7.17. The van der Waals surface area contributed by atoms with Crippen LogP contribution in [0, 0.1) is 5.41 Å². The van der Waals surface area contributed by atoms with Crippen molar-refractivity contribution in [1.82, 2.24) is 10.3 Å². The van der Waals surface area contributed by atoms with Crippen molar-refractivity contribution in [3.8, 4) is 0 Å². The van der Waals surface area contributed by atoms with Crippen LogP contribution in [0.2, 0.25) is 0 Å². The van der Waals surface area contributed by atoms with Crippen LogP contribution < -0.4 is 10.6 Å². The van der Waals surface area contributed by atoms with Gasteiger partial charge in [-0.2, -0.15) is 0 Å². The van der Waals surface area contributed by atoms with Gasteiger partial charge in [0.1, 0.15) is 5.82 Å². The fraction of sp³-hybridized carbons (Fsp3) is 0.688. The Bertz CT molecular complexity index is 453. The van der Waals surface area contributed by atoms with Crippen LogP contribution in [0.5, 0.6) is 0 Å². The highest BCUT2D eigenvalue weighted by Crippen LogP contribution is 2.30. The molecule has 1 unspecified atom stereocenters. The number of piperidine rings is 1. The van der Waals surface area contributed by atoms with E-state index in [0.717, 1.165) is 25.3 Å². The van der Waals surface area contributed by atoms with Crippen LogP contribution >= 0.6 is 0 Å². The normalized spacial score (nSPS) is 25.1. The van der Waals surface area contributed by atoms with Crippen molar-refractivity contribution in [2.75, 3.05) is 18.4 Å². The van der Waals surface area contributed by atoms with Gasteiger partial charge >= 0.3 is 0 Å². The third kappa shape index (κ3) is 2.76. The Labute approximate surface area is 116 Å². The maximum absolute atomic E-state index is 4.75. The van der Waals surface area contributed by atoms with Crippen LogP contribution in [0.4, 0.5) is 5.82 Å². The second-order valence-electron chi connectivity index (χ2n) is 6.64. The van der Waals surface area contributed by atoms with Gasteiger partial charge in [0.2, 0.25) is 0 Å². The molecule has 104 valence electrons. The number of anilines is 1. The smallest absolute Gasteiger partial charge is 0.126 e. The molecule has 0 amide bonds. The van der Waals surface area contributed by atoms with Gasteiger partial charge < -0.3 is 10.6 Å². The summed E-state index contributed by atoms with van der Waals surface area (Å²) in [5.74, 6) is 1.05. The molecule has 0 radical (unpaired) electrons. The number of nitrogens with zero attached hydrogens (tertiary/aromatic N) is 1. The molecule has 0 aromatic carbocycles. The molecular formula is C16H25N3. The Morgan fingerprint density at radius 3 is 3.05 bits per heavy atom. The predicted octanol–water partition coefficient (Wildman–Crippen LogP) is 2.76. The summed E-state index contributed by atoms with van der Waals surface area (Å²) >= 11 is 0. The molecule has 1 aromatic heterocycles. The first kappa shape index (κ1) is 12.9. The van der Waals surface area contributed by atoms with Crippen molar-refractivity contribution in [2.45, 2.75) is 52.0 Å². The van der Waals surface area contributed by atoms with Crippen LogP contribution in [-0.2, 0) is 12.8 Å². The largest absolute Gasteiger partial charge is 0.368 e. The van der Waals surface area contributed by atoms with Crippen molar-refractivity contribution < 1.29 is 0 Å². The summed E-state index contributed by atoms with van der Waals surface area (Å²) in [4.78, 5) is 4.75. The number of pyridine rings is 1. The molecule has 2 N–H and O–H groups in total. The molecule has 2 aliphatic rings. The maximum Gasteiger partial charge on any atom is 0.126 e. The second kappa shape index (κ2) is 5.12. The minimum Gasteiger partial charge on any atom is -0.368 e. The minimum atomic E-state index is 0.377. The zero-order valence-electron chi connectivity index (χ0n) is 12.1. The average Bonchev–Trinajstić information content (AvgIpc) is 2.84. The van der Waals surface area contributed by atoms with Crippen molar-refractivity contribution in [3.05, 3.63) is 23.4 Å². The van der Waals surface area contributed by atoms with Crippen molar-refractivity contribution in [2.24, 2.45) is 5.41 Å². The summed E-state index contributed by atoms with van der Waals surface area (Å²) in [6, 6.07) is 4.92. The number of aromatic nitrogens is 1. The van der Waals surface area contributed by atoms with E-state index in [2.05, 4.69) is 36.6 Å². The molecule has 0 bridgehead atoms. The van der Waals surface area contributed by atoms with E-state index in [-0.39, 0.29) is 0 Å². The Hall–Kier alpha value is -1.09. The summed E-state index contributed by atoms with van der Waals surface area (Å²) in [5.41, 5.74) is 3.13. The summed E-state index contributed by atoms with van der Waals surface area (Å²) in [6.07, 6.45) is 6.23. The lowest BCUT2D eigenvalue weighted by Gasteiger charge is -2.39. The summed E-state index contributed by atoms with van der Waals surface area (Å²) in [7, 11) is 0. The number of rotatable bonds is 3. The quantitative estimate of drug-likeness (QED) is 0.876. The van der Waals surface area contributed by atoms with Gasteiger partial charge in [0.25, 0.3) is 0 Å². The summed E-state index contributed by atoms with van der Waals surface area (Å²) in [6.45, 7) is 6.84. The lowest BCUT2D eigenvalue weighted by atomic mass is 9.77. The highest BCUT2D eigenvalue weighted by atomic mass is 15.1. The van der Waals surface area contributed by atoms with Gasteiger partial charge in [-0.1, -0.05) is 19.9 Å². The first-order valence-corrected chi connectivity index (χ1v) is 7.61. The molecule has 3 rings (SSSR count). The molecule has 19 heavy (non-hydrogen) atoms. The first-order chi connectivity index (χ1) is 9.15. The Kier molecular flexibility index (Phi) is 3.48. The third-order valence-electron chi connectivity index (χ3n) is 4.75. The monoisotopic (exact) mass is 259 g/mol. The van der Waals surface area contributed by atoms with E-state index < -0.39 is 0 Å². The van der Waals surface area contributed by atoms with E-state index in [1.54, 1.807) is 0 Å². The Morgan fingerprint density at radius 1 is 1.32 bits per heavy atom. The van der Waals surface area contributed by atoms with Crippen molar-refractivity contribution >= 4 is 5.82 Å². The fourth-order valence-electron chi connectivity index (χ4n) is 3.34. The molecule has 1 aliphatic heterocycles. The van der Waals surface area contributed by atoms with E-state index in [1.165, 1.54) is 36.9 Å². The zero-order chi connectivity index (χ0) is 13.3. The molecule has 2 heterocycles. The van der Waals surface area contributed by atoms with Crippen LogP contribution in [0.25, 0.3) is 0 Å². The molecule has 1 aromatic rings. The SMILES string of the molecule is CC1(C)CCCNC1CNc1ccc2c(n1)CCC2. The highest BCUT2D eigenvalue weighted by Gasteiger charge is 2.31. The van der Waals surface area contributed by atoms with E-state index in [9.17, 15) is 0 Å². The van der Waals surface area contributed by atoms with Crippen LogP contribution in [0.3, 0.4) is 0 Å². The van der Waals surface area contributed by atoms with E-state index in [0.29, 0.717) is 11.5 Å². The van der Waals surface area contributed by atoms with Gasteiger partial charge in [-0.05, 0) is 55.7 Å². The molecule has 1 saturated heterocycles. The van der Waals surface area contributed by atoms with Crippen molar-refractivity contribution in [1.29, 1.82) is 0 Å². The minimum absolute atomic E-state index is 0.377. The van der Waals surface area contributed by atoms with Crippen LogP contribution in [0.15, 0.2) is 12.1 Å². The molecule has 1 fully saturated rings. The fourth-order valence-corrected chi connectivity index (χ4v) is 3.34. The van der Waals surface area contributed by atoms with E-state index in [1.807, 2.05) is 0 Å². The number of hydrogen-bond donors (Lipinski definition) is 2. The predicted molar refractivity (Wildman–Crippen MR) is 79.6 cm³/mol. The first-order valence-electron chi connectivity index (χ1n) is 7.61. The van der Waals surface area contributed by atoms with Crippen molar-refractivity contribution in [3.63, 3.8) is 0 Å². The standard InChI is InChI=1S/C16H25N3/c1-16(2)9-4-10-17-14(16)11-18-15-8-7-12-5-3-6-13(12)19-15/h7-8,14,17H,3-6,9-11H2,1-2H3,(H,18,19). The molecule has 1 aliphatic carbocycles. The molecule has 3 nitrogen and oxygen atoms in total. The highest BCUT2D eigenvalue weighted by molar-refractivity contribution is 5.40. The number of hydrogen-bond acceptors (Lipinski definition) is 3. The Morgan fingerprint density at radius 2 is 2.21 bits per heavy atom. The van der Waals surface area contributed by atoms with Crippen LogP contribution in [-0.4, -0.2) is 24.1 Å². The second-order valence-corrected chi connectivity index (χ2v) is 6.64. The van der Waals surface area contributed by atoms with E-state index >= 15 is 0 Å². The molecule has 0 saturated carbocycles. The van der Waals surface area contributed by atoms with Gasteiger partial charge in [-0.3, -0.25) is 0 Å². The van der Waals surface area contributed by atoms with Gasteiger partial charge in [0.15, 0.2) is 0 Å². The van der Waals surface area contributed by atoms with E-state index in [4.69, 9.17) is 4.98 Å². The molecular weight excluding hydrogens is 234 g/mol. The zero-order valence-corrected chi connectivity index (χ0v) is 12.1. The van der Waals surface area contributed by atoms with Crippen LogP contribution in [0.1, 0.15) is 44.4 Å². The van der Waals surface area contributed by atoms with Gasteiger partial charge in [0, 0.05) is 18.3 Å². The summed E-state index contributed by atoms with van der Waals surface area (Å²) < 4.78 is 0. The number of nitrogens with one attached hydrogen (secondary N) is 2. The lowest BCUT2D eigenvalue weighted by Crippen LogP contribution is -2.50. The molecule has 1 atom stereocenters. The third-order valence-corrected chi connectivity index (χ3v) is 4.75. The lowest BCUT2D eigenvalue weighted by molar-refractivity contribution is 0.188.